The van der Waals surface area contributed by atoms with Gasteiger partial charge in [-0.25, -0.2) is 4.98 Å². The quantitative estimate of drug-likeness (QED) is 0.602. The van der Waals surface area contributed by atoms with Gasteiger partial charge in [0.25, 0.3) is 11.8 Å². The summed E-state index contributed by atoms with van der Waals surface area (Å²) in [5.41, 5.74) is 1.67. The maximum Gasteiger partial charge on any atom is 0.261 e. The Hall–Kier alpha value is -2.58. The van der Waals surface area contributed by atoms with Crippen LogP contribution in [0.4, 0.5) is 5.13 Å². The van der Waals surface area contributed by atoms with Gasteiger partial charge in [-0.1, -0.05) is 39.4 Å². The van der Waals surface area contributed by atoms with Crippen molar-refractivity contribution in [2.75, 3.05) is 11.9 Å². The highest BCUT2D eigenvalue weighted by Crippen LogP contribution is 2.28. The minimum absolute atomic E-state index is 0.190. The number of anilines is 1. The van der Waals surface area contributed by atoms with E-state index >= 15 is 0 Å². The average Bonchev–Trinajstić information content (AvgIpc) is 3.15. The third kappa shape index (κ3) is 3.50. The molecule has 3 amide bonds. The molecule has 136 valence electrons. The molecule has 0 aliphatic carbocycles. The number of aromatic nitrogens is 1. The van der Waals surface area contributed by atoms with Gasteiger partial charge in [-0.2, -0.15) is 0 Å². The summed E-state index contributed by atoms with van der Waals surface area (Å²) < 4.78 is 1.93. The van der Waals surface area contributed by atoms with Gasteiger partial charge < -0.3 is 5.32 Å². The fraction of sp³-hybridized carbons (Fsp3) is 0.158. The lowest BCUT2D eigenvalue weighted by Gasteiger charge is -2.13. The normalized spacial score (nSPS) is 13.3. The number of imide groups is 1. The monoisotopic (exact) mass is 443 g/mol. The van der Waals surface area contributed by atoms with Crippen molar-refractivity contribution in [3.63, 3.8) is 0 Å². The topological polar surface area (TPSA) is 79.4 Å². The molecule has 3 aromatic rings. The number of thiazole rings is 1. The Labute approximate surface area is 167 Å². The summed E-state index contributed by atoms with van der Waals surface area (Å²) in [6.07, 6.45) is 0.598. The summed E-state index contributed by atoms with van der Waals surface area (Å²) in [7, 11) is 0. The van der Waals surface area contributed by atoms with Crippen LogP contribution in [0.25, 0.3) is 10.2 Å². The van der Waals surface area contributed by atoms with E-state index in [1.54, 1.807) is 24.3 Å². The minimum Gasteiger partial charge on any atom is -0.302 e. The number of fused-ring (bicyclic) bond motifs is 2. The third-order valence-electron chi connectivity index (χ3n) is 4.26. The van der Waals surface area contributed by atoms with Crippen molar-refractivity contribution >= 4 is 60.3 Å². The van der Waals surface area contributed by atoms with Gasteiger partial charge in [0.1, 0.15) is 0 Å². The van der Waals surface area contributed by atoms with Crippen LogP contribution in [0.2, 0.25) is 0 Å². The standard InChI is InChI=1S/C19H14BrN3O3S/c20-11-7-8-14-15(10-11)27-19(21-14)22-16(24)6-3-9-23-17(25)12-4-1-2-5-13(12)18(23)26/h1-2,4-5,7-8,10H,3,6,9H2,(H,21,22,24). The van der Waals surface area contributed by atoms with Gasteiger partial charge in [0.15, 0.2) is 5.13 Å². The van der Waals surface area contributed by atoms with Gasteiger partial charge in [-0.3, -0.25) is 19.3 Å². The first-order chi connectivity index (χ1) is 13.0. The predicted molar refractivity (Wildman–Crippen MR) is 107 cm³/mol. The summed E-state index contributed by atoms with van der Waals surface area (Å²) in [6, 6.07) is 12.5. The van der Waals surface area contributed by atoms with Gasteiger partial charge in [0.05, 0.1) is 21.3 Å². The smallest absolute Gasteiger partial charge is 0.261 e. The van der Waals surface area contributed by atoms with E-state index in [2.05, 4.69) is 26.2 Å². The number of carbonyl (C=O) groups excluding carboxylic acids is 3. The van der Waals surface area contributed by atoms with Crippen molar-refractivity contribution in [1.82, 2.24) is 9.88 Å². The van der Waals surface area contributed by atoms with Crippen molar-refractivity contribution < 1.29 is 14.4 Å². The van der Waals surface area contributed by atoms with Gasteiger partial charge in [-0.05, 0) is 36.8 Å². The van der Waals surface area contributed by atoms with Crippen molar-refractivity contribution in [3.8, 4) is 0 Å². The molecule has 0 saturated heterocycles. The highest BCUT2D eigenvalue weighted by Gasteiger charge is 2.34. The molecular formula is C19H14BrN3O3S. The lowest BCUT2D eigenvalue weighted by atomic mass is 10.1. The molecule has 4 rings (SSSR count). The molecule has 0 fully saturated rings. The van der Waals surface area contributed by atoms with Crippen molar-refractivity contribution in [1.29, 1.82) is 0 Å². The molecule has 1 aliphatic heterocycles. The van der Waals surface area contributed by atoms with Crippen LogP contribution in [-0.2, 0) is 4.79 Å². The number of halogens is 1. The molecule has 0 spiro atoms. The van der Waals surface area contributed by atoms with Crippen LogP contribution in [0, 0.1) is 0 Å². The SMILES string of the molecule is O=C(CCCN1C(=O)c2ccccc2C1=O)Nc1nc2ccc(Br)cc2s1. The Bertz CT molecular complexity index is 1040. The second-order valence-electron chi connectivity index (χ2n) is 6.09. The zero-order valence-electron chi connectivity index (χ0n) is 14.1. The second-order valence-corrected chi connectivity index (χ2v) is 8.04. The summed E-state index contributed by atoms with van der Waals surface area (Å²) in [4.78, 5) is 42.3. The molecule has 1 aromatic heterocycles. The van der Waals surface area contributed by atoms with Crippen LogP contribution in [0.3, 0.4) is 0 Å². The molecule has 0 unspecified atom stereocenters. The molecule has 0 radical (unpaired) electrons. The molecule has 1 aliphatic rings. The highest BCUT2D eigenvalue weighted by atomic mass is 79.9. The van der Waals surface area contributed by atoms with Gasteiger partial charge in [0.2, 0.25) is 5.91 Å². The molecular weight excluding hydrogens is 430 g/mol. The number of hydrogen-bond acceptors (Lipinski definition) is 5. The number of rotatable bonds is 5. The van der Waals surface area contributed by atoms with E-state index in [4.69, 9.17) is 0 Å². The number of amides is 3. The molecule has 0 saturated carbocycles. The van der Waals surface area contributed by atoms with Crippen LogP contribution < -0.4 is 5.32 Å². The Balaban J connectivity index is 1.33. The van der Waals surface area contributed by atoms with E-state index in [1.165, 1.54) is 16.2 Å². The summed E-state index contributed by atoms with van der Waals surface area (Å²) in [5.74, 6) is -0.787. The maximum atomic E-state index is 12.3. The number of nitrogens with zero attached hydrogens (tertiary/aromatic N) is 2. The van der Waals surface area contributed by atoms with E-state index in [9.17, 15) is 14.4 Å². The zero-order chi connectivity index (χ0) is 19.0. The van der Waals surface area contributed by atoms with E-state index in [-0.39, 0.29) is 30.7 Å². The molecule has 2 aromatic carbocycles. The van der Waals surface area contributed by atoms with Crippen molar-refractivity contribution in [2.45, 2.75) is 12.8 Å². The van der Waals surface area contributed by atoms with Crippen LogP contribution in [0.1, 0.15) is 33.6 Å². The van der Waals surface area contributed by atoms with Gasteiger partial charge >= 0.3 is 0 Å². The van der Waals surface area contributed by atoms with Crippen molar-refractivity contribution in [2.24, 2.45) is 0 Å². The van der Waals surface area contributed by atoms with Gasteiger partial charge in [-0.15, -0.1) is 0 Å². The first-order valence-electron chi connectivity index (χ1n) is 8.34. The lowest BCUT2D eigenvalue weighted by Crippen LogP contribution is -2.31. The largest absolute Gasteiger partial charge is 0.302 e. The highest BCUT2D eigenvalue weighted by molar-refractivity contribution is 9.10. The average molecular weight is 444 g/mol. The van der Waals surface area contributed by atoms with Crippen LogP contribution >= 0.6 is 27.3 Å². The molecule has 2 heterocycles. The Morgan fingerprint density at radius 1 is 1.11 bits per heavy atom. The van der Waals surface area contributed by atoms with E-state index in [0.29, 0.717) is 22.7 Å². The van der Waals surface area contributed by atoms with E-state index < -0.39 is 0 Å². The summed E-state index contributed by atoms with van der Waals surface area (Å²) in [6.45, 7) is 0.215. The molecule has 0 bridgehead atoms. The Morgan fingerprint density at radius 3 is 2.52 bits per heavy atom. The number of nitrogens with one attached hydrogen (secondary N) is 1. The maximum absolute atomic E-state index is 12.3. The molecule has 27 heavy (non-hydrogen) atoms. The number of hydrogen-bond donors (Lipinski definition) is 1. The van der Waals surface area contributed by atoms with Crippen molar-refractivity contribution in [3.05, 3.63) is 58.1 Å². The number of carbonyl (C=O) groups is 3. The fourth-order valence-electron chi connectivity index (χ4n) is 2.97. The molecule has 1 N–H and O–H groups in total. The summed E-state index contributed by atoms with van der Waals surface area (Å²) in [5, 5.41) is 3.32. The Kier molecular flexibility index (Phi) is 4.75. The van der Waals surface area contributed by atoms with E-state index in [1.807, 2.05) is 18.2 Å². The molecule has 6 nitrogen and oxygen atoms in total. The third-order valence-corrected chi connectivity index (χ3v) is 5.69. The number of benzene rings is 2. The second kappa shape index (κ2) is 7.21. The van der Waals surface area contributed by atoms with E-state index in [0.717, 1.165) is 14.7 Å². The lowest BCUT2D eigenvalue weighted by molar-refractivity contribution is -0.116. The predicted octanol–water partition coefficient (Wildman–Crippen LogP) is 4.07. The van der Waals surface area contributed by atoms with Gasteiger partial charge in [0, 0.05) is 17.4 Å². The minimum atomic E-state index is -0.298. The fourth-order valence-corrected chi connectivity index (χ4v) is 4.41. The Morgan fingerprint density at radius 2 is 1.81 bits per heavy atom. The first kappa shape index (κ1) is 17.8. The molecule has 0 atom stereocenters. The molecule has 8 heteroatoms. The zero-order valence-corrected chi connectivity index (χ0v) is 16.5. The first-order valence-corrected chi connectivity index (χ1v) is 9.95. The van der Waals surface area contributed by atoms with Crippen LogP contribution in [0.15, 0.2) is 46.9 Å². The van der Waals surface area contributed by atoms with Crippen LogP contribution in [0.5, 0.6) is 0 Å². The summed E-state index contributed by atoms with van der Waals surface area (Å²) >= 11 is 4.81. The van der Waals surface area contributed by atoms with Crippen LogP contribution in [-0.4, -0.2) is 34.2 Å².